The molecule has 1 aliphatic rings. The second-order valence-corrected chi connectivity index (χ2v) is 27.2. The highest BCUT2D eigenvalue weighted by Gasteiger charge is 2.42. The monoisotopic (exact) mass is 1610 g/mol. The van der Waals surface area contributed by atoms with E-state index in [1.54, 1.807) is 27.7 Å². The normalized spacial score (nSPS) is 15.4. The van der Waals surface area contributed by atoms with Gasteiger partial charge in [0.2, 0.25) is 76.8 Å². The second-order valence-electron chi connectivity index (χ2n) is 27.2. The first-order valence-corrected chi connectivity index (χ1v) is 36.9. The molecular weight excluding hydrogens is 1480 g/mol. The standard InChI is InChI=1S/C65H122N32O16/c1-5-33(4)47(57(110)92-40(59(112)113)18-11-27-86-65(79)80)96-54(107)42(30-46(68)100)93-53(106)41(29-32(2)3)94-56(109)44-19-12-28-97(44)58(111)39(17-10-26-85-64(77)78)91-50(103)36(15-8-24-83-62(73)74)88-49(102)35(14-7-23-82-61(71)72)90-55(108)43(31-98)95-51(104)37(16-9-25-84-63(75)76)89-52(105)38(20-21-45(67)99)87-48(101)34(66)13-6-22-81-60(69)70/h32-44,47,98H,5-31,66H2,1-4H3,(H2,67,99)(H2,68,100)(H,87,101)(H,88,102)(H,89,105)(H,90,108)(H,91,103)(H,92,110)(H,93,106)(H,94,109)(H,95,104)(H,96,107)(H,112,113)(H4,69,70,81)(H4,71,72,82)(H4,73,74,83)(H4,75,76,84)(H4,77,78,85)(H4,79,80,86)/t33-,34-,35-,36-,37-,38-,39-,40-,41-,42-,43-,44-,47-/m0/s1. The Morgan fingerprint density at radius 2 is 0.735 bits per heavy atom. The van der Waals surface area contributed by atoms with Crippen LogP contribution in [0.3, 0.4) is 0 Å². The molecule has 13 atom stereocenters. The third kappa shape index (κ3) is 41.1. The Labute approximate surface area is 654 Å². The zero-order valence-electron chi connectivity index (χ0n) is 64.6. The van der Waals surface area contributed by atoms with Gasteiger partial charge in [-0.15, -0.1) is 0 Å². The van der Waals surface area contributed by atoms with Crippen molar-refractivity contribution in [2.75, 3.05) is 52.4 Å². The van der Waals surface area contributed by atoms with Crippen molar-refractivity contribution in [3.05, 3.63) is 0 Å². The molecule has 48 nitrogen and oxygen atoms in total. The van der Waals surface area contributed by atoms with Crippen LogP contribution in [0, 0.1) is 11.8 Å². The van der Waals surface area contributed by atoms with Gasteiger partial charge < -0.3 is 154 Å². The lowest BCUT2D eigenvalue weighted by atomic mass is 9.96. The van der Waals surface area contributed by atoms with Crippen LogP contribution >= 0.6 is 0 Å². The number of nitrogens with one attached hydrogen (secondary N) is 10. The van der Waals surface area contributed by atoms with Gasteiger partial charge in [-0.3, -0.25) is 92.3 Å². The molecule has 0 bridgehead atoms. The molecular formula is C65H122N32O16. The third-order valence-corrected chi connectivity index (χ3v) is 17.3. The molecule has 13 amide bonds. The maximum atomic E-state index is 15.0. The largest absolute Gasteiger partial charge is 0.480 e. The van der Waals surface area contributed by atoms with Crippen molar-refractivity contribution >= 4 is 119 Å². The van der Waals surface area contributed by atoms with E-state index in [9.17, 15) is 72.5 Å². The van der Waals surface area contributed by atoms with E-state index in [4.69, 9.17) is 86.0 Å². The molecule has 0 spiro atoms. The summed E-state index contributed by atoms with van der Waals surface area (Å²) in [6, 6.07) is -18.3. The molecule has 0 aromatic rings. The number of hydrogen-bond donors (Lipinski definition) is 27. The van der Waals surface area contributed by atoms with Crippen molar-refractivity contribution in [3.63, 3.8) is 0 Å². The van der Waals surface area contributed by atoms with Crippen LogP contribution in [0.15, 0.2) is 30.0 Å². The molecule has 0 saturated carbocycles. The average Bonchev–Trinajstić information content (AvgIpc) is 1.67. The van der Waals surface area contributed by atoms with Gasteiger partial charge in [0.25, 0.3) is 0 Å². The molecule has 1 rings (SSSR count). The molecule has 638 valence electrons. The van der Waals surface area contributed by atoms with Gasteiger partial charge in [-0.1, -0.05) is 34.1 Å². The number of guanidine groups is 6. The van der Waals surface area contributed by atoms with Gasteiger partial charge in [-0.2, -0.15) is 0 Å². The Morgan fingerprint density at radius 3 is 1.12 bits per heavy atom. The van der Waals surface area contributed by atoms with Gasteiger partial charge in [0.05, 0.1) is 19.1 Å². The van der Waals surface area contributed by atoms with Crippen LogP contribution in [-0.2, 0) is 67.1 Å². The first-order chi connectivity index (χ1) is 53.1. The van der Waals surface area contributed by atoms with Crippen LogP contribution in [0.5, 0.6) is 0 Å². The van der Waals surface area contributed by atoms with E-state index >= 15 is 4.79 Å². The molecule has 1 saturated heterocycles. The number of nitrogens with two attached hydrogens (primary N) is 15. The first-order valence-electron chi connectivity index (χ1n) is 36.9. The number of aliphatic hydroxyl groups is 1. The quantitative estimate of drug-likeness (QED) is 0.0153. The highest BCUT2D eigenvalue weighted by Crippen LogP contribution is 2.22. The summed E-state index contributed by atoms with van der Waals surface area (Å²) in [4.78, 5) is 218. The van der Waals surface area contributed by atoms with E-state index in [1.165, 1.54) is 4.90 Å². The minimum Gasteiger partial charge on any atom is -0.480 e. The molecule has 1 aliphatic heterocycles. The summed E-state index contributed by atoms with van der Waals surface area (Å²) >= 11 is 0. The number of amides is 13. The predicted molar refractivity (Wildman–Crippen MR) is 417 cm³/mol. The van der Waals surface area contributed by atoms with Gasteiger partial charge in [-0.25, -0.2) is 4.79 Å². The van der Waals surface area contributed by atoms with Gasteiger partial charge in [0, 0.05) is 52.2 Å². The lowest BCUT2D eigenvalue weighted by Gasteiger charge is -2.31. The summed E-state index contributed by atoms with van der Waals surface area (Å²) in [5.41, 5.74) is 83.1. The van der Waals surface area contributed by atoms with Crippen molar-refractivity contribution in [2.45, 2.75) is 222 Å². The molecule has 1 heterocycles. The van der Waals surface area contributed by atoms with Crippen molar-refractivity contribution in [3.8, 4) is 0 Å². The summed E-state index contributed by atoms with van der Waals surface area (Å²) in [6.07, 6.45) is -1.83. The van der Waals surface area contributed by atoms with E-state index in [-0.39, 0.29) is 197 Å². The fourth-order valence-electron chi connectivity index (χ4n) is 11.3. The fraction of sp³-hybridized carbons (Fsp3) is 0.692. The maximum absolute atomic E-state index is 15.0. The molecule has 0 aromatic heterocycles. The second kappa shape index (κ2) is 53.1. The van der Waals surface area contributed by atoms with E-state index in [0.29, 0.717) is 0 Å². The maximum Gasteiger partial charge on any atom is 0.326 e. The highest BCUT2D eigenvalue weighted by molar-refractivity contribution is 6.00. The first kappa shape index (κ1) is 99.1. The van der Waals surface area contributed by atoms with E-state index in [0.717, 1.165) is 0 Å². The number of carbonyl (C=O) groups is 14. The lowest BCUT2D eigenvalue weighted by molar-refractivity contribution is -0.143. The minimum absolute atomic E-state index is 0.00410. The molecule has 48 heteroatoms. The lowest BCUT2D eigenvalue weighted by Crippen LogP contribution is -2.61. The number of aliphatic carboxylic acids is 1. The van der Waals surface area contributed by atoms with Crippen molar-refractivity contribution in [2.24, 2.45) is 128 Å². The van der Waals surface area contributed by atoms with Crippen molar-refractivity contribution in [1.82, 2.24) is 58.1 Å². The van der Waals surface area contributed by atoms with E-state index in [2.05, 4.69) is 83.1 Å². The molecule has 0 radical (unpaired) electrons. The number of likely N-dealkylation sites (tertiary alicyclic amines) is 1. The van der Waals surface area contributed by atoms with Crippen LogP contribution in [0.2, 0.25) is 0 Å². The number of nitrogens with zero attached hydrogens (tertiary/aromatic N) is 7. The molecule has 0 unspecified atom stereocenters. The molecule has 0 aromatic carbocycles. The van der Waals surface area contributed by atoms with Gasteiger partial charge in [0.1, 0.15) is 66.5 Å². The number of aliphatic imine (C=N–C) groups is 6. The number of carboxylic acids is 1. The number of carbonyl (C=O) groups excluding carboxylic acids is 13. The number of aliphatic hydroxyl groups excluding tert-OH is 1. The van der Waals surface area contributed by atoms with Crippen molar-refractivity contribution < 1.29 is 77.3 Å². The van der Waals surface area contributed by atoms with Crippen LogP contribution in [0.1, 0.15) is 150 Å². The minimum atomic E-state index is -1.89. The van der Waals surface area contributed by atoms with Crippen LogP contribution in [-0.4, -0.2) is 259 Å². The molecule has 113 heavy (non-hydrogen) atoms. The Kier molecular flexibility index (Phi) is 46.6. The zero-order valence-corrected chi connectivity index (χ0v) is 64.6. The molecule has 1 fully saturated rings. The molecule has 0 aliphatic carbocycles. The van der Waals surface area contributed by atoms with E-state index < -0.39 is 181 Å². The number of hydrogen-bond acceptors (Lipinski definition) is 22. The summed E-state index contributed by atoms with van der Waals surface area (Å²) in [5.74, 6) is -16.8. The van der Waals surface area contributed by atoms with Crippen LogP contribution < -0.4 is 139 Å². The summed E-state index contributed by atoms with van der Waals surface area (Å²) in [6.45, 7) is 5.31. The number of primary amides is 2. The van der Waals surface area contributed by atoms with Gasteiger partial charge in [-0.05, 0) is 115 Å². The third-order valence-electron chi connectivity index (χ3n) is 17.3. The Morgan fingerprint density at radius 1 is 0.398 bits per heavy atom. The SMILES string of the molecule is CC[C@H](C)[C@H](NC(=O)[C@H](CC(N)=O)NC(=O)[C@H](CC(C)C)NC(=O)[C@@H]1CCCN1C(=O)[C@H](CCCN=C(N)N)NC(=O)[C@H](CCCN=C(N)N)NC(=O)[C@H](CCCN=C(N)N)NC(=O)[C@H](CO)NC(=O)[C@H](CCCN=C(N)N)NC(=O)[C@H](CCC(N)=O)NC(=O)[C@@H](N)CCCN=C(N)N)C(=O)N[C@@H](CCCN=C(N)N)C(=O)O. The molecule has 42 N–H and O–H groups in total. The Bertz CT molecular complexity index is 3350. The van der Waals surface area contributed by atoms with E-state index in [1.807, 2.05) is 0 Å². The number of rotatable bonds is 56. The Balaban J connectivity index is 3.83. The summed E-state index contributed by atoms with van der Waals surface area (Å²) in [5, 5.41) is 45.7. The Hall–Kier alpha value is -11.9. The van der Waals surface area contributed by atoms with Gasteiger partial charge in [0.15, 0.2) is 35.8 Å². The van der Waals surface area contributed by atoms with Crippen LogP contribution in [0.4, 0.5) is 0 Å². The van der Waals surface area contributed by atoms with Gasteiger partial charge >= 0.3 is 5.97 Å². The predicted octanol–water partition coefficient (Wildman–Crippen LogP) is -12.2. The smallest absolute Gasteiger partial charge is 0.326 e. The fourth-order valence-corrected chi connectivity index (χ4v) is 11.3. The number of carboxylic acid groups (broad SMARTS) is 1. The zero-order chi connectivity index (χ0) is 85.6. The van der Waals surface area contributed by atoms with Crippen LogP contribution in [0.25, 0.3) is 0 Å². The topological polar surface area (TPSA) is 867 Å². The summed E-state index contributed by atoms with van der Waals surface area (Å²) in [7, 11) is 0. The average molecular weight is 1610 g/mol. The van der Waals surface area contributed by atoms with Crippen molar-refractivity contribution in [1.29, 1.82) is 0 Å². The highest BCUT2D eigenvalue weighted by atomic mass is 16.4. The summed E-state index contributed by atoms with van der Waals surface area (Å²) < 4.78 is 0.